The van der Waals surface area contributed by atoms with Crippen molar-refractivity contribution in [1.29, 1.82) is 0 Å². The fourth-order valence-corrected chi connectivity index (χ4v) is 6.83. The Morgan fingerprint density at radius 3 is 2.57 bits per heavy atom. The molecular weight excluding hydrogens is 552 g/mol. The predicted molar refractivity (Wildman–Crippen MR) is 163 cm³/mol. The lowest BCUT2D eigenvalue weighted by atomic mass is 9.91. The number of aromatic nitrogens is 2. The van der Waals surface area contributed by atoms with E-state index in [1.165, 1.54) is 4.90 Å². The number of carbonyl (C=O) groups is 2. The third-order valence-corrected chi connectivity index (χ3v) is 9.43. The summed E-state index contributed by atoms with van der Waals surface area (Å²) >= 11 is 1.60. The quantitative estimate of drug-likeness (QED) is 0.359. The van der Waals surface area contributed by atoms with Crippen molar-refractivity contribution in [3.63, 3.8) is 0 Å². The van der Waals surface area contributed by atoms with Gasteiger partial charge in [0.25, 0.3) is 0 Å². The first-order chi connectivity index (χ1) is 20.0. The van der Waals surface area contributed by atoms with E-state index in [1.54, 1.807) is 11.3 Å². The lowest BCUT2D eigenvalue weighted by Gasteiger charge is -2.37. The molecule has 0 radical (unpaired) electrons. The molecular formula is C31H42N6O4S. The monoisotopic (exact) mass is 594 g/mol. The molecule has 0 bridgehead atoms. The third kappa shape index (κ3) is 6.23. The second-order valence-corrected chi connectivity index (χ2v) is 13.0. The molecule has 0 spiro atoms. The standard InChI is InChI=1S/C31H42N6O4S/c1-17(2)28(26-12-27(35-41-26)36-14-18(3)32-13-19(36)4)31(40)37-15-24(38)11-25(37)30(39)34-20(5)22-7-9-23(10-8-22)29-21(6)33-16-42-29/h7-10,12,16-20,24-25,28,32,38H,11,13-15H2,1-6H3,(H,34,39)/t18-,19+,20-,24+,25-,28+/m0/s1. The van der Waals surface area contributed by atoms with E-state index in [0.717, 1.165) is 34.8 Å². The Morgan fingerprint density at radius 2 is 1.90 bits per heavy atom. The lowest BCUT2D eigenvalue weighted by Crippen LogP contribution is -2.54. The molecule has 4 heterocycles. The van der Waals surface area contributed by atoms with E-state index in [4.69, 9.17) is 4.52 Å². The highest BCUT2D eigenvalue weighted by Crippen LogP contribution is 2.34. The zero-order chi connectivity index (χ0) is 30.1. The fraction of sp³-hybridized carbons (Fsp3) is 0.548. The number of hydrogen-bond acceptors (Lipinski definition) is 9. The summed E-state index contributed by atoms with van der Waals surface area (Å²) in [6, 6.07) is 9.45. The van der Waals surface area contributed by atoms with Gasteiger partial charge in [-0.3, -0.25) is 9.59 Å². The first-order valence-electron chi connectivity index (χ1n) is 14.8. The van der Waals surface area contributed by atoms with Crippen LogP contribution in [0.1, 0.15) is 70.0 Å². The predicted octanol–water partition coefficient (Wildman–Crippen LogP) is 3.87. The Labute approximate surface area is 251 Å². The molecule has 5 rings (SSSR count). The van der Waals surface area contributed by atoms with Gasteiger partial charge in [0.1, 0.15) is 12.0 Å². The number of thiazole rings is 1. The van der Waals surface area contributed by atoms with Crippen LogP contribution in [-0.4, -0.2) is 75.8 Å². The van der Waals surface area contributed by atoms with Crippen LogP contribution in [0, 0.1) is 12.8 Å². The minimum Gasteiger partial charge on any atom is -0.391 e. The molecule has 0 unspecified atom stereocenters. The number of carbonyl (C=O) groups excluding carboxylic acids is 2. The number of hydrogen-bond donors (Lipinski definition) is 3. The number of rotatable bonds is 8. The Balaban J connectivity index is 1.29. The minimum absolute atomic E-state index is 0.0984. The van der Waals surface area contributed by atoms with Gasteiger partial charge in [-0.15, -0.1) is 11.3 Å². The van der Waals surface area contributed by atoms with Gasteiger partial charge in [0.15, 0.2) is 11.6 Å². The summed E-state index contributed by atoms with van der Waals surface area (Å²) in [5, 5.41) is 21.4. The maximum atomic E-state index is 14.0. The van der Waals surface area contributed by atoms with E-state index in [-0.39, 0.29) is 42.8 Å². The average molecular weight is 595 g/mol. The van der Waals surface area contributed by atoms with Crippen LogP contribution in [0.4, 0.5) is 5.82 Å². The van der Waals surface area contributed by atoms with Crippen molar-refractivity contribution >= 4 is 29.0 Å². The van der Waals surface area contributed by atoms with Gasteiger partial charge >= 0.3 is 0 Å². The second kappa shape index (κ2) is 12.5. The molecule has 3 N–H and O–H groups in total. The van der Waals surface area contributed by atoms with Crippen molar-refractivity contribution in [3.8, 4) is 10.4 Å². The van der Waals surface area contributed by atoms with Gasteiger partial charge in [-0.05, 0) is 44.7 Å². The van der Waals surface area contributed by atoms with Gasteiger partial charge in [0.2, 0.25) is 11.8 Å². The minimum atomic E-state index is -0.775. The normalized spacial score (nSPS) is 24.2. The largest absolute Gasteiger partial charge is 0.391 e. The van der Waals surface area contributed by atoms with Crippen molar-refractivity contribution < 1.29 is 19.2 Å². The van der Waals surface area contributed by atoms with Crippen molar-refractivity contribution in [1.82, 2.24) is 25.7 Å². The number of piperazine rings is 1. The smallest absolute Gasteiger partial charge is 0.243 e. The van der Waals surface area contributed by atoms with Crippen LogP contribution in [0.25, 0.3) is 10.4 Å². The number of nitrogens with zero attached hydrogens (tertiary/aromatic N) is 4. The van der Waals surface area contributed by atoms with E-state index in [0.29, 0.717) is 17.6 Å². The molecule has 2 aliphatic heterocycles. The second-order valence-electron chi connectivity index (χ2n) is 12.1. The molecule has 226 valence electrons. The molecule has 42 heavy (non-hydrogen) atoms. The molecule has 11 heteroatoms. The summed E-state index contributed by atoms with van der Waals surface area (Å²) in [5.41, 5.74) is 4.87. The van der Waals surface area contributed by atoms with Gasteiger partial charge in [-0.1, -0.05) is 43.3 Å². The van der Waals surface area contributed by atoms with Crippen LogP contribution in [0.2, 0.25) is 0 Å². The van der Waals surface area contributed by atoms with Gasteiger partial charge in [0.05, 0.1) is 28.2 Å². The highest BCUT2D eigenvalue weighted by atomic mass is 32.1. The Morgan fingerprint density at radius 1 is 1.17 bits per heavy atom. The summed E-state index contributed by atoms with van der Waals surface area (Å²) in [7, 11) is 0. The van der Waals surface area contributed by atoms with Gasteiger partial charge in [0, 0.05) is 44.2 Å². The van der Waals surface area contributed by atoms with Crippen LogP contribution in [0.3, 0.4) is 0 Å². The van der Waals surface area contributed by atoms with Gasteiger partial charge < -0.3 is 30.1 Å². The van der Waals surface area contributed by atoms with Crippen LogP contribution in [0.5, 0.6) is 0 Å². The molecule has 1 aromatic carbocycles. The number of amides is 2. The Bertz CT molecular complexity index is 1390. The van der Waals surface area contributed by atoms with Crippen LogP contribution < -0.4 is 15.5 Å². The summed E-state index contributed by atoms with van der Waals surface area (Å²) in [6.07, 6.45) is -0.584. The molecule has 6 atom stereocenters. The highest BCUT2D eigenvalue weighted by molar-refractivity contribution is 7.13. The van der Waals surface area contributed by atoms with E-state index < -0.39 is 18.1 Å². The summed E-state index contributed by atoms with van der Waals surface area (Å²) < 4.78 is 5.77. The van der Waals surface area contributed by atoms with Crippen LogP contribution in [0.15, 0.2) is 40.4 Å². The molecule has 2 aromatic heterocycles. The maximum Gasteiger partial charge on any atom is 0.243 e. The van der Waals surface area contributed by atoms with E-state index >= 15 is 0 Å². The zero-order valence-electron chi connectivity index (χ0n) is 25.2. The summed E-state index contributed by atoms with van der Waals surface area (Å²) in [6.45, 7) is 13.8. The molecule has 0 saturated carbocycles. The number of benzene rings is 1. The molecule has 2 amide bonds. The average Bonchev–Trinajstić information content (AvgIpc) is 3.70. The van der Waals surface area contributed by atoms with E-state index in [9.17, 15) is 14.7 Å². The van der Waals surface area contributed by atoms with Crippen molar-refractivity contribution in [2.24, 2.45) is 5.92 Å². The van der Waals surface area contributed by atoms with Crippen LogP contribution >= 0.6 is 11.3 Å². The Hall–Kier alpha value is -3.28. The highest BCUT2D eigenvalue weighted by Gasteiger charge is 2.43. The molecule has 0 aliphatic carbocycles. The van der Waals surface area contributed by atoms with Gasteiger partial charge in [-0.25, -0.2) is 4.98 Å². The number of likely N-dealkylation sites (tertiary alicyclic amines) is 1. The van der Waals surface area contributed by atoms with Gasteiger partial charge in [-0.2, -0.15) is 0 Å². The first kappa shape index (κ1) is 30.2. The SMILES string of the molecule is Cc1ncsc1-c1ccc([C@H](C)NC(=O)[C@@H]2C[C@@H](O)CN2C(=O)[C@@H](c2cc(N3C[C@H](C)NC[C@H]3C)no2)C(C)C)cc1. The molecule has 2 fully saturated rings. The molecule has 3 aromatic rings. The molecule has 2 aliphatic rings. The number of anilines is 1. The van der Waals surface area contributed by atoms with E-state index in [1.807, 2.05) is 63.5 Å². The van der Waals surface area contributed by atoms with Crippen LogP contribution in [-0.2, 0) is 9.59 Å². The lowest BCUT2D eigenvalue weighted by molar-refractivity contribution is -0.141. The van der Waals surface area contributed by atoms with Crippen molar-refractivity contribution in [2.45, 2.75) is 84.2 Å². The first-order valence-corrected chi connectivity index (χ1v) is 15.7. The van der Waals surface area contributed by atoms with Crippen molar-refractivity contribution in [2.75, 3.05) is 24.5 Å². The maximum absolute atomic E-state index is 14.0. The number of aliphatic hydroxyl groups excluding tert-OH is 1. The van der Waals surface area contributed by atoms with E-state index in [2.05, 4.69) is 39.5 Å². The summed E-state index contributed by atoms with van der Waals surface area (Å²) in [5.74, 6) is -0.0393. The number of β-amino-alcohol motifs (C(OH)–C–C–N with tert-alkyl or cyclic N) is 1. The Kier molecular flexibility index (Phi) is 9.00. The number of nitrogens with one attached hydrogen (secondary N) is 2. The van der Waals surface area contributed by atoms with Crippen molar-refractivity contribution in [3.05, 3.63) is 52.9 Å². The topological polar surface area (TPSA) is 124 Å². The fourth-order valence-electron chi connectivity index (χ4n) is 6.02. The number of aliphatic hydroxyl groups is 1. The molecule has 2 saturated heterocycles. The third-order valence-electron chi connectivity index (χ3n) is 8.46. The summed E-state index contributed by atoms with van der Waals surface area (Å²) in [4.78, 5) is 36.7. The molecule has 10 nitrogen and oxygen atoms in total. The zero-order valence-corrected chi connectivity index (χ0v) is 26.0. The number of aryl methyl sites for hydroxylation is 1.